The lowest BCUT2D eigenvalue weighted by molar-refractivity contribution is 0.0629. The van der Waals surface area contributed by atoms with E-state index in [4.69, 9.17) is 17.3 Å². The topological polar surface area (TPSA) is 62.5 Å². The molecule has 2 heterocycles. The van der Waals surface area contributed by atoms with Crippen LogP contribution in [-0.4, -0.2) is 46.9 Å². The zero-order valence-corrected chi connectivity index (χ0v) is 13.9. The lowest BCUT2D eigenvalue weighted by Gasteiger charge is -2.34. The standard InChI is InChI=1S/C15H16ClFN4OS/c16-13-7-10(17)1-2-12(13)14(22)21-5-3-20(4-6-21)9-11-8-19-15(18)23-11/h1-2,7-8H,3-6,9H2,(H2,18,19). The highest BCUT2D eigenvalue weighted by Crippen LogP contribution is 2.21. The van der Waals surface area contributed by atoms with Crippen molar-refractivity contribution >= 4 is 34.0 Å². The van der Waals surface area contributed by atoms with Gasteiger partial charge in [0.05, 0.1) is 10.6 Å². The molecule has 0 spiro atoms. The molecule has 0 atom stereocenters. The summed E-state index contributed by atoms with van der Waals surface area (Å²) in [5.41, 5.74) is 5.98. The van der Waals surface area contributed by atoms with Crippen LogP contribution < -0.4 is 5.73 Å². The van der Waals surface area contributed by atoms with E-state index in [1.165, 1.54) is 29.5 Å². The molecule has 0 unspecified atom stereocenters. The van der Waals surface area contributed by atoms with Crippen LogP contribution in [0.4, 0.5) is 9.52 Å². The van der Waals surface area contributed by atoms with Crippen molar-refractivity contribution in [3.63, 3.8) is 0 Å². The van der Waals surface area contributed by atoms with E-state index in [-0.39, 0.29) is 10.9 Å². The molecule has 23 heavy (non-hydrogen) atoms. The normalized spacial score (nSPS) is 15.8. The maximum absolute atomic E-state index is 13.1. The zero-order valence-electron chi connectivity index (χ0n) is 12.3. The smallest absolute Gasteiger partial charge is 0.255 e. The molecule has 8 heteroatoms. The summed E-state index contributed by atoms with van der Waals surface area (Å²) >= 11 is 7.45. The second-order valence-electron chi connectivity index (χ2n) is 5.36. The van der Waals surface area contributed by atoms with Crippen molar-refractivity contribution in [1.29, 1.82) is 0 Å². The summed E-state index contributed by atoms with van der Waals surface area (Å²) < 4.78 is 13.1. The van der Waals surface area contributed by atoms with Gasteiger partial charge in [-0.25, -0.2) is 9.37 Å². The number of carbonyl (C=O) groups excluding carboxylic acids is 1. The number of nitrogen functional groups attached to an aromatic ring is 1. The van der Waals surface area contributed by atoms with Crippen LogP contribution in [0, 0.1) is 5.82 Å². The Bertz CT molecular complexity index is 715. The van der Waals surface area contributed by atoms with Gasteiger partial charge < -0.3 is 10.6 Å². The number of carbonyl (C=O) groups is 1. The van der Waals surface area contributed by atoms with E-state index >= 15 is 0 Å². The van der Waals surface area contributed by atoms with Crippen molar-refractivity contribution in [2.45, 2.75) is 6.54 Å². The first-order valence-corrected chi connectivity index (χ1v) is 8.39. The first-order valence-electron chi connectivity index (χ1n) is 7.20. The monoisotopic (exact) mass is 354 g/mol. The van der Waals surface area contributed by atoms with Crippen LogP contribution in [0.2, 0.25) is 5.02 Å². The van der Waals surface area contributed by atoms with Crippen molar-refractivity contribution in [3.8, 4) is 0 Å². The largest absolute Gasteiger partial charge is 0.375 e. The number of thiazole rings is 1. The van der Waals surface area contributed by atoms with Gasteiger partial charge >= 0.3 is 0 Å². The lowest BCUT2D eigenvalue weighted by Crippen LogP contribution is -2.48. The summed E-state index contributed by atoms with van der Waals surface area (Å²) in [4.78, 5) is 21.6. The van der Waals surface area contributed by atoms with Crippen LogP contribution in [-0.2, 0) is 6.54 Å². The number of aromatic nitrogens is 1. The number of hydrogen-bond acceptors (Lipinski definition) is 5. The third-order valence-electron chi connectivity index (χ3n) is 3.77. The summed E-state index contributed by atoms with van der Waals surface area (Å²) in [6.07, 6.45) is 1.79. The molecule has 0 aliphatic carbocycles. The van der Waals surface area contributed by atoms with Crippen LogP contribution in [0.25, 0.3) is 0 Å². The Morgan fingerprint density at radius 3 is 2.70 bits per heavy atom. The fourth-order valence-corrected chi connectivity index (χ4v) is 3.53. The summed E-state index contributed by atoms with van der Waals surface area (Å²) in [6, 6.07) is 3.86. The van der Waals surface area contributed by atoms with Gasteiger partial charge in [0.25, 0.3) is 5.91 Å². The van der Waals surface area contributed by atoms with E-state index < -0.39 is 5.82 Å². The third kappa shape index (κ3) is 3.80. The van der Waals surface area contributed by atoms with Gasteiger partial charge in [-0.2, -0.15) is 0 Å². The van der Waals surface area contributed by atoms with Gasteiger partial charge in [-0.1, -0.05) is 11.6 Å². The molecule has 1 aromatic carbocycles. The van der Waals surface area contributed by atoms with E-state index in [9.17, 15) is 9.18 Å². The predicted octanol–water partition coefficient (Wildman–Crippen LogP) is 2.48. The summed E-state index contributed by atoms with van der Waals surface area (Å²) in [5, 5.41) is 0.720. The lowest BCUT2D eigenvalue weighted by atomic mass is 10.1. The summed E-state index contributed by atoms with van der Waals surface area (Å²) in [7, 11) is 0. The predicted molar refractivity (Wildman–Crippen MR) is 89.1 cm³/mol. The van der Waals surface area contributed by atoms with Gasteiger partial charge in [0.1, 0.15) is 5.82 Å². The highest BCUT2D eigenvalue weighted by atomic mass is 35.5. The number of anilines is 1. The Kier molecular flexibility index (Phi) is 4.79. The van der Waals surface area contributed by atoms with Crippen LogP contribution in [0.5, 0.6) is 0 Å². The van der Waals surface area contributed by atoms with Gasteiger partial charge in [-0.05, 0) is 18.2 Å². The van der Waals surface area contributed by atoms with E-state index in [0.29, 0.717) is 23.8 Å². The third-order valence-corrected chi connectivity index (χ3v) is 4.90. The second kappa shape index (κ2) is 6.82. The van der Waals surface area contributed by atoms with E-state index in [2.05, 4.69) is 9.88 Å². The summed E-state index contributed by atoms with van der Waals surface area (Å²) in [5.74, 6) is -0.600. The number of benzene rings is 1. The molecule has 122 valence electrons. The number of nitrogens with two attached hydrogens (primary N) is 1. The molecular weight excluding hydrogens is 339 g/mol. The van der Waals surface area contributed by atoms with Crippen LogP contribution in [0.3, 0.4) is 0 Å². The number of rotatable bonds is 3. The quantitative estimate of drug-likeness (QED) is 0.919. The van der Waals surface area contributed by atoms with E-state index in [0.717, 1.165) is 24.5 Å². The molecule has 0 saturated carbocycles. The van der Waals surface area contributed by atoms with Crippen LogP contribution >= 0.6 is 22.9 Å². The molecule has 1 fully saturated rings. The molecule has 1 aliphatic rings. The molecule has 1 aliphatic heterocycles. The molecule has 1 saturated heterocycles. The Morgan fingerprint density at radius 2 is 2.09 bits per heavy atom. The Hall–Kier alpha value is -1.70. The fourth-order valence-electron chi connectivity index (χ4n) is 2.56. The van der Waals surface area contributed by atoms with Crippen molar-refractivity contribution in [3.05, 3.63) is 45.7 Å². The molecule has 1 amide bonds. The van der Waals surface area contributed by atoms with E-state index in [1.807, 2.05) is 0 Å². The molecule has 5 nitrogen and oxygen atoms in total. The Labute approximate surface area is 142 Å². The van der Waals surface area contributed by atoms with Gasteiger partial charge in [-0.3, -0.25) is 9.69 Å². The van der Waals surface area contributed by atoms with E-state index in [1.54, 1.807) is 11.1 Å². The van der Waals surface area contributed by atoms with Gasteiger partial charge in [0.15, 0.2) is 5.13 Å². The molecule has 0 radical (unpaired) electrons. The number of piperazine rings is 1. The second-order valence-corrected chi connectivity index (χ2v) is 6.91. The number of nitrogens with zero attached hydrogens (tertiary/aromatic N) is 3. The Morgan fingerprint density at radius 1 is 1.35 bits per heavy atom. The highest BCUT2D eigenvalue weighted by Gasteiger charge is 2.24. The number of halogens is 2. The average Bonchev–Trinajstić information content (AvgIpc) is 2.92. The molecule has 2 aromatic rings. The SMILES string of the molecule is Nc1ncc(CN2CCN(C(=O)c3ccc(F)cc3Cl)CC2)s1. The van der Waals surface area contributed by atoms with Crippen molar-refractivity contribution in [2.24, 2.45) is 0 Å². The number of amides is 1. The maximum atomic E-state index is 13.1. The molecule has 1 aromatic heterocycles. The Balaban J connectivity index is 1.59. The van der Waals surface area contributed by atoms with Crippen LogP contribution in [0.1, 0.15) is 15.2 Å². The maximum Gasteiger partial charge on any atom is 0.255 e. The van der Waals surface area contributed by atoms with Gasteiger partial charge in [0, 0.05) is 43.8 Å². The average molecular weight is 355 g/mol. The minimum atomic E-state index is -0.444. The highest BCUT2D eigenvalue weighted by molar-refractivity contribution is 7.15. The van der Waals surface area contributed by atoms with Gasteiger partial charge in [0.2, 0.25) is 0 Å². The van der Waals surface area contributed by atoms with Crippen molar-refractivity contribution < 1.29 is 9.18 Å². The molecular formula is C15H16ClFN4OS. The molecule has 2 N–H and O–H groups in total. The summed E-state index contributed by atoms with van der Waals surface area (Å²) in [6.45, 7) is 3.54. The first-order chi connectivity index (χ1) is 11.0. The van der Waals surface area contributed by atoms with Crippen molar-refractivity contribution in [2.75, 3.05) is 31.9 Å². The van der Waals surface area contributed by atoms with Gasteiger partial charge in [-0.15, -0.1) is 11.3 Å². The first kappa shape index (κ1) is 16.2. The molecule has 3 rings (SSSR count). The van der Waals surface area contributed by atoms with Crippen LogP contribution in [0.15, 0.2) is 24.4 Å². The van der Waals surface area contributed by atoms with Crippen molar-refractivity contribution in [1.82, 2.24) is 14.8 Å². The zero-order chi connectivity index (χ0) is 16.4. The fraction of sp³-hybridized carbons (Fsp3) is 0.333. The molecule has 0 bridgehead atoms. The minimum absolute atomic E-state index is 0.151. The minimum Gasteiger partial charge on any atom is -0.375 e. The number of hydrogen-bond donors (Lipinski definition) is 1.